The van der Waals surface area contributed by atoms with E-state index in [1.54, 1.807) is 0 Å². The number of rotatable bonds is 8. The highest BCUT2D eigenvalue weighted by molar-refractivity contribution is 7.89. The SMILES string of the molecule is O=S(=O)(NCCCCCCO)c1ccccc1C(F)(F)F. The van der Waals surface area contributed by atoms with E-state index in [0.29, 0.717) is 19.3 Å². The molecule has 4 nitrogen and oxygen atoms in total. The Labute approximate surface area is 122 Å². The monoisotopic (exact) mass is 325 g/mol. The maximum Gasteiger partial charge on any atom is 0.417 e. The molecule has 1 aromatic carbocycles. The third-order valence-electron chi connectivity index (χ3n) is 2.86. The first kappa shape index (κ1) is 17.9. The number of alkyl halides is 3. The highest BCUT2D eigenvalue weighted by Crippen LogP contribution is 2.33. The lowest BCUT2D eigenvalue weighted by atomic mass is 10.2. The summed E-state index contributed by atoms with van der Waals surface area (Å²) in [6.45, 7) is 0.143. The molecule has 0 amide bonds. The van der Waals surface area contributed by atoms with Crippen LogP contribution in [-0.4, -0.2) is 26.7 Å². The molecule has 0 atom stereocenters. The molecule has 21 heavy (non-hydrogen) atoms. The standard InChI is InChI=1S/C13H18F3NO3S/c14-13(15,16)11-7-3-4-8-12(11)21(19,20)17-9-5-1-2-6-10-18/h3-4,7-8,17-18H,1-2,5-6,9-10H2. The number of hydrogen-bond donors (Lipinski definition) is 2. The van der Waals surface area contributed by atoms with Gasteiger partial charge >= 0.3 is 6.18 Å². The number of nitrogens with one attached hydrogen (secondary N) is 1. The molecule has 1 aromatic rings. The third kappa shape index (κ3) is 5.64. The minimum Gasteiger partial charge on any atom is -0.396 e. The van der Waals surface area contributed by atoms with E-state index in [2.05, 4.69) is 4.72 Å². The average molecular weight is 325 g/mol. The topological polar surface area (TPSA) is 66.4 Å². The fourth-order valence-electron chi connectivity index (χ4n) is 1.81. The molecule has 0 aliphatic carbocycles. The van der Waals surface area contributed by atoms with E-state index in [0.717, 1.165) is 24.6 Å². The number of halogens is 3. The van der Waals surface area contributed by atoms with Gasteiger partial charge in [-0.25, -0.2) is 13.1 Å². The van der Waals surface area contributed by atoms with Crippen LogP contribution in [0.3, 0.4) is 0 Å². The van der Waals surface area contributed by atoms with E-state index in [4.69, 9.17) is 5.11 Å². The second-order valence-corrected chi connectivity index (χ2v) is 6.26. The fraction of sp³-hybridized carbons (Fsp3) is 0.538. The van der Waals surface area contributed by atoms with E-state index in [1.165, 1.54) is 6.07 Å². The fourth-order valence-corrected chi connectivity index (χ4v) is 3.11. The van der Waals surface area contributed by atoms with Crippen molar-refractivity contribution in [2.24, 2.45) is 0 Å². The van der Waals surface area contributed by atoms with Crippen LogP contribution in [0.25, 0.3) is 0 Å². The molecule has 0 unspecified atom stereocenters. The van der Waals surface area contributed by atoms with Crippen molar-refractivity contribution in [1.82, 2.24) is 4.72 Å². The maximum absolute atomic E-state index is 12.8. The zero-order chi connectivity index (χ0) is 15.9. The van der Waals surface area contributed by atoms with Crippen molar-refractivity contribution in [3.63, 3.8) is 0 Å². The molecule has 0 aliphatic heterocycles. The number of sulfonamides is 1. The lowest BCUT2D eigenvalue weighted by Crippen LogP contribution is -2.27. The van der Waals surface area contributed by atoms with Crippen LogP contribution in [0.5, 0.6) is 0 Å². The van der Waals surface area contributed by atoms with Crippen molar-refractivity contribution >= 4 is 10.0 Å². The van der Waals surface area contributed by atoms with Crippen molar-refractivity contribution in [2.75, 3.05) is 13.2 Å². The average Bonchev–Trinajstić information content (AvgIpc) is 2.42. The minimum atomic E-state index is -4.72. The molecule has 0 aromatic heterocycles. The van der Waals surface area contributed by atoms with Crippen LogP contribution < -0.4 is 4.72 Å². The van der Waals surface area contributed by atoms with Crippen LogP contribution >= 0.6 is 0 Å². The summed E-state index contributed by atoms with van der Waals surface area (Å²) in [5, 5.41) is 8.59. The summed E-state index contributed by atoms with van der Waals surface area (Å²) in [6.07, 6.45) is -2.13. The second-order valence-electron chi connectivity index (χ2n) is 4.53. The van der Waals surface area contributed by atoms with Crippen molar-refractivity contribution in [1.29, 1.82) is 0 Å². The van der Waals surface area contributed by atoms with Gasteiger partial charge in [-0.2, -0.15) is 13.2 Å². The van der Waals surface area contributed by atoms with Gasteiger partial charge < -0.3 is 5.11 Å². The van der Waals surface area contributed by atoms with Gasteiger partial charge in [-0.1, -0.05) is 25.0 Å². The van der Waals surface area contributed by atoms with Gasteiger partial charge in [0.1, 0.15) is 0 Å². The summed E-state index contributed by atoms with van der Waals surface area (Å²) in [5.74, 6) is 0. The molecule has 120 valence electrons. The molecule has 8 heteroatoms. The van der Waals surface area contributed by atoms with Crippen molar-refractivity contribution < 1.29 is 26.7 Å². The molecular formula is C13H18F3NO3S. The predicted molar refractivity (Wildman–Crippen MR) is 72.2 cm³/mol. The number of benzene rings is 1. The largest absolute Gasteiger partial charge is 0.417 e. The van der Waals surface area contributed by atoms with Crippen LogP contribution in [0.15, 0.2) is 29.2 Å². The van der Waals surface area contributed by atoms with Gasteiger partial charge in [-0.3, -0.25) is 0 Å². The molecule has 2 N–H and O–H groups in total. The molecule has 0 aliphatic rings. The molecule has 1 rings (SSSR count). The molecule has 0 bridgehead atoms. The van der Waals surface area contributed by atoms with Gasteiger partial charge in [0, 0.05) is 13.2 Å². The van der Waals surface area contributed by atoms with Gasteiger partial charge in [0.25, 0.3) is 0 Å². The van der Waals surface area contributed by atoms with Crippen LogP contribution in [0.4, 0.5) is 13.2 Å². The number of unbranched alkanes of at least 4 members (excludes halogenated alkanes) is 3. The van der Waals surface area contributed by atoms with E-state index >= 15 is 0 Å². The molecular weight excluding hydrogens is 307 g/mol. The molecule has 0 saturated heterocycles. The van der Waals surface area contributed by atoms with E-state index in [-0.39, 0.29) is 13.2 Å². The summed E-state index contributed by atoms with van der Waals surface area (Å²) in [6, 6.07) is 4.09. The van der Waals surface area contributed by atoms with Crippen LogP contribution in [0, 0.1) is 0 Å². The summed E-state index contributed by atoms with van der Waals surface area (Å²) in [7, 11) is -4.19. The molecule has 0 radical (unpaired) electrons. The zero-order valence-electron chi connectivity index (χ0n) is 11.4. The lowest BCUT2D eigenvalue weighted by molar-refractivity contribution is -0.139. The van der Waals surface area contributed by atoms with E-state index in [9.17, 15) is 21.6 Å². The minimum absolute atomic E-state index is 0.0694. The second kappa shape index (κ2) is 7.77. The Balaban J connectivity index is 2.71. The Hall–Kier alpha value is -1.12. The van der Waals surface area contributed by atoms with Gasteiger partial charge in [0.2, 0.25) is 10.0 Å². The van der Waals surface area contributed by atoms with Crippen molar-refractivity contribution in [3.05, 3.63) is 29.8 Å². The molecule has 0 fully saturated rings. The molecule has 0 spiro atoms. The first-order valence-corrected chi connectivity index (χ1v) is 8.04. The van der Waals surface area contributed by atoms with Crippen LogP contribution in [0.1, 0.15) is 31.2 Å². The number of aliphatic hydroxyl groups excluding tert-OH is 1. The summed E-state index contributed by atoms with van der Waals surface area (Å²) in [4.78, 5) is -0.757. The van der Waals surface area contributed by atoms with Crippen LogP contribution in [0.2, 0.25) is 0 Å². The lowest BCUT2D eigenvalue weighted by Gasteiger charge is -2.13. The Bertz CT molecular complexity index is 544. The van der Waals surface area contributed by atoms with Crippen molar-refractivity contribution in [2.45, 2.75) is 36.8 Å². The van der Waals surface area contributed by atoms with Gasteiger partial charge in [0.05, 0.1) is 10.5 Å². The Morgan fingerprint density at radius 2 is 1.67 bits per heavy atom. The zero-order valence-corrected chi connectivity index (χ0v) is 12.2. The van der Waals surface area contributed by atoms with Gasteiger partial charge in [0.15, 0.2) is 0 Å². The van der Waals surface area contributed by atoms with E-state index < -0.39 is 26.7 Å². The van der Waals surface area contributed by atoms with Gasteiger partial charge in [-0.05, 0) is 25.0 Å². The molecule has 0 saturated carbocycles. The highest BCUT2D eigenvalue weighted by Gasteiger charge is 2.36. The Morgan fingerprint density at radius 1 is 1.05 bits per heavy atom. The number of aliphatic hydroxyl groups is 1. The summed E-state index contributed by atoms with van der Waals surface area (Å²) in [5.41, 5.74) is -1.17. The number of hydrogen-bond acceptors (Lipinski definition) is 3. The Morgan fingerprint density at radius 3 is 2.29 bits per heavy atom. The first-order valence-electron chi connectivity index (χ1n) is 6.56. The first-order chi connectivity index (χ1) is 9.79. The third-order valence-corrected chi connectivity index (χ3v) is 4.38. The smallest absolute Gasteiger partial charge is 0.396 e. The predicted octanol–water partition coefficient (Wildman–Crippen LogP) is 2.54. The Kier molecular flexibility index (Phi) is 6.63. The quantitative estimate of drug-likeness (QED) is 0.722. The summed E-state index contributed by atoms with van der Waals surface area (Å²) < 4.78 is 64.4. The molecule has 0 heterocycles. The highest BCUT2D eigenvalue weighted by atomic mass is 32.2. The van der Waals surface area contributed by atoms with Crippen LogP contribution in [-0.2, 0) is 16.2 Å². The van der Waals surface area contributed by atoms with Gasteiger partial charge in [-0.15, -0.1) is 0 Å². The van der Waals surface area contributed by atoms with Crippen molar-refractivity contribution in [3.8, 4) is 0 Å². The van der Waals surface area contributed by atoms with E-state index in [1.807, 2.05) is 0 Å². The summed E-state index contributed by atoms with van der Waals surface area (Å²) >= 11 is 0. The normalized spacial score (nSPS) is 12.6. The maximum atomic E-state index is 12.8.